The molecule has 0 aliphatic heterocycles. The van der Waals surface area contributed by atoms with E-state index in [1.807, 2.05) is 61.5 Å². The van der Waals surface area contributed by atoms with E-state index in [4.69, 9.17) is 0 Å². The normalized spacial score (nSPS) is 10.6. The third-order valence-corrected chi connectivity index (χ3v) is 4.46. The van der Waals surface area contributed by atoms with Crippen molar-refractivity contribution in [3.63, 3.8) is 0 Å². The van der Waals surface area contributed by atoms with Gasteiger partial charge in [-0.1, -0.05) is 60.2 Å². The molecule has 5 heteroatoms. The molecule has 4 rings (SSSR count). The monoisotopic (exact) mass is 369 g/mol. The fourth-order valence-corrected chi connectivity index (χ4v) is 2.95. The van der Waals surface area contributed by atoms with E-state index < -0.39 is 0 Å². The molecule has 0 saturated carbocycles. The van der Waals surface area contributed by atoms with Gasteiger partial charge < -0.3 is 10.4 Å². The standard InChI is InChI=1S/C23H19N3O2/c1-16-11-13-17(14-12-16)22-19(15-26(25-22)18-7-3-2-4-8-18)23(28)24-20-9-5-6-10-21(20)27/h2-15,27H,1H3,(H,24,28). The van der Waals surface area contributed by atoms with Gasteiger partial charge in [-0.3, -0.25) is 4.79 Å². The molecule has 0 bridgehead atoms. The molecule has 0 aliphatic rings. The van der Waals surface area contributed by atoms with Crippen molar-refractivity contribution in [1.82, 2.24) is 9.78 Å². The number of para-hydroxylation sites is 3. The first kappa shape index (κ1) is 17.5. The molecule has 4 aromatic rings. The van der Waals surface area contributed by atoms with Gasteiger partial charge in [0.15, 0.2) is 0 Å². The molecule has 0 aliphatic carbocycles. The summed E-state index contributed by atoms with van der Waals surface area (Å²) in [5, 5.41) is 17.4. The van der Waals surface area contributed by atoms with Crippen LogP contribution in [0, 0.1) is 6.92 Å². The Labute approximate surface area is 162 Å². The largest absolute Gasteiger partial charge is 0.506 e. The molecule has 0 atom stereocenters. The van der Waals surface area contributed by atoms with Crippen molar-refractivity contribution in [2.75, 3.05) is 5.32 Å². The zero-order chi connectivity index (χ0) is 19.5. The molecule has 0 saturated heterocycles. The number of nitrogens with zero attached hydrogens (tertiary/aromatic N) is 2. The molecule has 1 aromatic heterocycles. The first-order chi connectivity index (χ1) is 13.6. The van der Waals surface area contributed by atoms with E-state index >= 15 is 0 Å². The first-order valence-electron chi connectivity index (χ1n) is 8.93. The van der Waals surface area contributed by atoms with Crippen molar-refractivity contribution < 1.29 is 9.90 Å². The SMILES string of the molecule is Cc1ccc(-c2nn(-c3ccccc3)cc2C(=O)Nc2ccccc2O)cc1. The molecule has 138 valence electrons. The van der Waals surface area contributed by atoms with Gasteiger partial charge >= 0.3 is 0 Å². The van der Waals surface area contributed by atoms with E-state index in [-0.39, 0.29) is 11.7 Å². The van der Waals surface area contributed by atoms with E-state index in [2.05, 4.69) is 10.4 Å². The number of benzene rings is 3. The summed E-state index contributed by atoms with van der Waals surface area (Å²) in [6, 6.07) is 24.1. The number of amides is 1. The van der Waals surface area contributed by atoms with Crippen molar-refractivity contribution in [1.29, 1.82) is 0 Å². The topological polar surface area (TPSA) is 67.2 Å². The first-order valence-corrected chi connectivity index (χ1v) is 8.93. The third-order valence-electron chi connectivity index (χ3n) is 4.46. The summed E-state index contributed by atoms with van der Waals surface area (Å²) in [6.07, 6.45) is 1.71. The number of carbonyl (C=O) groups excluding carboxylic acids is 1. The smallest absolute Gasteiger partial charge is 0.259 e. The Morgan fingerprint density at radius 2 is 1.61 bits per heavy atom. The number of carbonyl (C=O) groups is 1. The van der Waals surface area contributed by atoms with Crippen molar-refractivity contribution >= 4 is 11.6 Å². The molecule has 3 aromatic carbocycles. The summed E-state index contributed by atoms with van der Waals surface area (Å²) in [5.74, 6) is -0.317. The number of nitrogens with one attached hydrogen (secondary N) is 1. The Morgan fingerprint density at radius 1 is 0.929 bits per heavy atom. The maximum absolute atomic E-state index is 13.0. The molecule has 5 nitrogen and oxygen atoms in total. The minimum absolute atomic E-state index is 0.0168. The quantitative estimate of drug-likeness (QED) is 0.508. The molecular weight excluding hydrogens is 350 g/mol. The Hall–Kier alpha value is -3.86. The molecule has 0 radical (unpaired) electrons. The van der Waals surface area contributed by atoms with E-state index in [0.29, 0.717) is 16.9 Å². The highest BCUT2D eigenvalue weighted by Crippen LogP contribution is 2.27. The zero-order valence-corrected chi connectivity index (χ0v) is 15.3. The number of hydrogen-bond donors (Lipinski definition) is 2. The van der Waals surface area contributed by atoms with E-state index in [1.54, 1.807) is 29.1 Å². The minimum atomic E-state index is -0.334. The Balaban J connectivity index is 1.78. The van der Waals surface area contributed by atoms with Gasteiger partial charge in [0.1, 0.15) is 11.4 Å². The molecular formula is C23H19N3O2. The number of anilines is 1. The third kappa shape index (κ3) is 3.50. The number of phenolic OH excluding ortho intramolecular Hbond substituents is 1. The van der Waals surface area contributed by atoms with Crippen LogP contribution in [0.2, 0.25) is 0 Å². The highest BCUT2D eigenvalue weighted by Gasteiger charge is 2.19. The number of phenols is 1. The van der Waals surface area contributed by atoms with Gasteiger partial charge in [0, 0.05) is 11.8 Å². The van der Waals surface area contributed by atoms with Gasteiger partial charge in [-0.05, 0) is 31.2 Å². The molecule has 0 unspecified atom stereocenters. The maximum Gasteiger partial charge on any atom is 0.259 e. The Morgan fingerprint density at radius 3 is 2.32 bits per heavy atom. The number of aromatic nitrogens is 2. The lowest BCUT2D eigenvalue weighted by molar-refractivity contribution is 0.102. The van der Waals surface area contributed by atoms with Gasteiger partial charge in [0.25, 0.3) is 5.91 Å². The Kier molecular flexibility index (Phi) is 4.64. The summed E-state index contributed by atoms with van der Waals surface area (Å²) in [7, 11) is 0. The van der Waals surface area contributed by atoms with Gasteiger partial charge in [0.05, 0.1) is 16.9 Å². The van der Waals surface area contributed by atoms with Crippen LogP contribution in [0.3, 0.4) is 0 Å². The van der Waals surface area contributed by atoms with Gasteiger partial charge in [-0.2, -0.15) is 5.10 Å². The summed E-state index contributed by atoms with van der Waals surface area (Å²) >= 11 is 0. The van der Waals surface area contributed by atoms with Gasteiger partial charge in [-0.15, -0.1) is 0 Å². The maximum atomic E-state index is 13.0. The van der Waals surface area contributed by atoms with Gasteiger partial charge in [-0.25, -0.2) is 4.68 Å². The van der Waals surface area contributed by atoms with Crippen LogP contribution in [0.15, 0.2) is 85.1 Å². The molecule has 1 heterocycles. The highest BCUT2D eigenvalue weighted by atomic mass is 16.3. The number of aryl methyl sites for hydroxylation is 1. The summed E-state index contributed by atoms with van der Waals surface area (Å²) in [6.45, 7) is 2.01. The number of hydrogen-bond acceptors (Lipinski definition) is 3. The molecule has 2 N–H and O–H groups in total. The van der Waals surface area contributed by atoms with Gasteiger partial charge in [0.2, 0.25) is 0 Å². The van der Waals surface area contributed by atoms with Crippen LogP contribution in [0.5, 0.6) is 5.75 Å². The van der Waals surface area contributed by atoms with E-state index in [1.165, 1.54) is 6.07 Å². The lowest BCUT2D eigenvalue weighted by Crippen LogP contribution is -2.12. The Bertz CT molecular complexity index is 1120. The lowest BCUT2D eigenvalue weighted by atomic mass is 10.1. The predicted molar refractivity (Wildman–Crippen MR) is 110 cm³/mol. The van der Waals surface area contributed by atoms with Crippen LogP contribution in [-0.4, -0.2) is 20.8 Å². The molecule has 0 fully saturated rings. The fraction of sp³-hybridized carbons (Fsp3) is 0.0435. The van der Waals surface area contributed by atoms with Crippen molar-refractivity contribution in [3.05, 3.63) is 96.2 Å². The minimum Gasteiger partial charge on any atom is -0.506 e. The van der Waals surface area contributed by atoms with Crippen LogP contribution >= 0.6 is 0 Å². The van der Waals surface area contributed by atoms with Crippen LogP contribution < -0.4 is 5.32 Å². The second-order valence-corrected chi connectivity index (χ2v) is 6.51. The van der Waals surface area contributed by atoms with Crippen LogP contribution in [0.25, 0.3) is 16.9 Å². The summed E-state index contributed by atoms with van der Waals surface area (Å²) < 4.78 is 1.69. The summed E-state index contributed by atoms with van der Waals surface area (Å²) in [5.41, 5.74) is 4.20. The van der Waals surface area contributed by atoms with E-state index in [0.717, 1.165) is 16.8 Å². The number of aromatic hydroxyl groups is 1. The van der Waals surface area contributed by atoms with E-state index in [9.17, 15) is 9.90 Å². The lowest BCUT2D eigenvalue weighted by Gasteiger charge is -2.07. The highest BCUT2D eigenvalue weighted by molar-refractivity contribution is 6.08. The molecule has 0 spiro atoms. The number of rotatable bonds is 4. The second kappa shape index (κ2) is 7.40. The van der Waals surface area contributed by atoms with Crippen LogP contribution in [0.1, 0.15) is 15.9 Å². The zero-order valence-electron chi connectivity index (χ0n) is 15.3. The molecule has 28 heavy (non-hydrogen) atoms. The fourth-order valence-electron chi connectivity index (χ4n) is 2.95. The second-order valence-electron chi connectivity index (χ2n) is 6.51. The van der Waals surface area contributed by atoms with Crippen molar-refractivity contribution in [2.24, 2.45) is 0 Å². The van der Waals surface area contributed by atoms with Crippen molar-refractivity contribution in [2.45, 2.75) is 6.92 Å². The van der Waals surface area contributed by atoms with Crippen LogP contribution in [0.4, 0.5) is 5.69 Å². The average molecular weight is 369 g/mol. The van der Waals surface area contributed by atoms with Crippen molar-refractivity contribution in [3.8, 4) is 22.7 Å². The molecule has 1 amide bonds. The predicted octanol–water partition coefficient (Wildman–Crippen LogP) is 4.81. The van der Waals surface area contributed by atoms with Crippen LogP contribution in [-0.2, 0) is 0 Å². The average Bonchev–Trinajstić information content (AvgIpc) is 3.16. The summed E-state index contributed by atoms with van der Waals surface area (Å²) in [4.78, 5) is 13.0.